The topological polar surface area (TPSA) is 69.4 Å². The third-order valence-electron chi connectivity index (χ3n) is 2.69. The Kier molecular flexibility index (Phi) is 6.09. The number of carbonyl (C=O) groups excluding carboxylic acids is 1. The van der Waals surface area contributed by atoms with Gasteiger partial charge in [0.1, 0.15) is 0 Å². The molecule has 0 saturated carbocycles. The number of ether oxygens (including phenoxy) is 1. The summed E-state index contributed by atoms with van der Waals surface area (Å²) in [5, 5.41) is 10.5. The summed E-state index contributed by atoms with van der Waals surface area (Å²) < 4.78 is 7.43. The Bertz CT molecular complexity index is 788. The Morgan fingerprint density at radius 1 is 1.09 bits per heavy atom. The van der Waals surface area contributed by atoms with Gasteiger partial charge in [-0.05, 0) is 52.3 Å². The van der Waals surface area contributed by atoms with E-state index in [-0.39, 0.29) is 5.75 Å². The first-order chi connectivity index (χ1) is 10.9. The molecule has 2 aromatic rings. The second kappa shape index (κ2) is 7.85. The first-order valence-corrected chi connectivity index (χ1v) is 8.53. The second-order valence-electron chi connectivity index (χ2n) is 4.30. The number of hydrogen-bond donors (Lipinski definition) is 0. The van der Waals surface area contributed by atoms with Crippen molar-refractivity contribution in [2.45, 2.75) is 0 Å². The van der Waals surface area contributed by atoms with Crippen LogP contribution in [0.2, 0.25) is 0 Å². The monoisotopic (exact) mass is 503 g/mol. The molecule has 0 N–H and O–H groups in total. The van der Waals surface area contributed by atoms with Crippen LogP contribution in [0.1, 0.15) is 15.9 Å². The second-order valence-corrected chi connectivity index (χ2v) is 6.99. The van der Waals surface area contributed by atoms with E-state index in [1.165, 1.54) is 6.08 Å². The summed E-state index contributed by atoms with van der Waals surface area (Å²) >= 11 is 9.88. The van der Waals surface area contributed by atoms with E-state index in [9.17, 15) is 14.9 Å². The Hall–Kier alpha value is -1.51. The molecule has 0 unspecified atom stereocenters. The average Bonchev–Trinajstić information content (AvgIpc) is 2.48. The lowest BCUT2D eigenvalue weighted by atomic mass is 10.2. The van der Waals surface area contributed by atoms with Crippen LogP contribution in [0.3, 0.4) is 0 Å². The first-order valence-electron chi connectivity index (χ1n) is 6.15. The van der Waals surface area contributed by atoms with Crippen LogP contribution in [0, 0.1) is 10.1 Å². The fraction of sp³-hybridized carbons (Fsp3) is 0. The number of benzene rings is 2. The van der Waals surface area contributed by atoms with Crippen molar-refractivity contribution < 1.29 is 14.5 Å². The van der Waals surface area contributed by atoms with Gasteiger partial charge in [-0.2, -0.15) is 0 Å². The number of carbonyl (C=O) groups is 1. The minimum absolute atomic E-state index is 0.208. The highest BCUT2D eigenvalue weighted by atomic mass is 79.9. The zero-order chi connectivity index (χ0) is 17.0. The number of hydrogen-bond acceptors (Lipinski definition) is 4. The van der Waals surface area contributed by atoms with Crippen molar-refractivity contribution in [1.29, 1.82) is 0 Å². The molecule has 0 amide bonds. The quantitative estimate of drug-likeness (QED) is 0.240. The van der Waals surface area contributed by atoms with Gasteiger partial charge in [0, 0.05) is 20.6 Å². The summed E-state index contributed by atoms with van der Waals surface area (Å²) in [7, 11) is 0. The molecule has 0 aliphatic heterocycles. The normalized spacial score (nSPS) is 10.7. The zero-order valence-corrected chi connectivity index (χ0v) is 16.1. The third kappa shape index (κ3) is 4.98. The molecular weight excluding hydrogens is 498 g/mol. The molecule has 0 heterocycles. The molecule has 118 valence electrons. The molecule has 0 radical (unpaired) electrons. The van der Waals surface area contributed by atoms with Crippen molar-refractivity contribution in [2.24, 2.45) is 0 Å². The van der Waals surface area contributed by atoms with Crippen LogP contribution >= 0.6 is 47.8 Å². The molecule has 0 atom stereocenters. The SMILES string of the molecule is O=C(Oc1c(Br)cc(Br)cc1/C=C/[N+](=O)[O-])c1ccc(Br)cc1. The number of nitro groups is 1. The number of nitrogens with zero attached hydrogens (tertiary/aromatic N) is 1. The van der Waals surface area contributed by atoms with E-state index in [1.807, 2.05) is 0 Å². The van der Waals surface area contributed by atoms with E-state index in [0.717, 1.165) is 10.7 Å². The smallest absolute Gasteiger partial charge is 0.343 e. The van der Waals surface area contributed by atoms with Gasteiger partial charge in [-0.15, -0.1) is 0 Å². The van der Waals surface area contributed by atoms with Crippen LogP contribution in [-0.2, 0) is 0 Å². The predicted octanol–water partition coefficient (Wildman–Crippen LogP) is 5.44. The average molecular weight is 506 g/mol. The van der Waals surface area contributed by atoms with E-state index in [0.29, 0.717) is 20.1 Å². The molecular formula is C15H8Br3NO4. The molecule has 8 heteroatoms. The summed E-state index contributed by atoms with van der Waals surface area (Å²) in [4.78, 5) is 22.1. The predicted molar refractivity (Wildman–Crippen MR) is 97.0 cm³/mol. The lowest BCUT2D eigenvalue weighted by Crippen LogP contribution is -2.09. The summed E-state index contributed by atoms with van der Waals surface area (Å²) in [6, 6.07) is 9.99. The lowest BCUT2D eigenvalue weighted by molar-refractivity contribution is -0.400. The highest BCUT2D eigenvalue weighted by Crippen LogP contribution is 2.34. The zero-order valence-electron chi connectivity index (χ0n) is 11.3. The van der Waals surface area contributed by atoms with Crippen LogP contribution in [0.15, 0.2) is 56.0 Å². The van der Waals surface area contributed by atoms with Crippen LogP contribution in [-0.4, -0.2) is 10.9 Å². The third-order valence-corrected chi connectivity index (χ3v) is 4.26. The van der Waals surface area contributed by atoms with Crippen molar-refractivity contribution in [3.8, 4) is 5.75 Å². The van der Waals surface area contributed by atoms with Gasteiger partial charge in [-0.3, -0.25) is 10.1 Å². The summed E-state index contributed by atoms with van der Waals surface area (Å²) in [6.07, 6.45) is 2.05. The molecule has 0 bridgehead atoms. The van der Waals surface area contributed by atoms with E-state index in [4.69, 9.17) is 4.74 Å². The van der Waals surface area contributed by atoms with Crippen molar-refractivity contribution >= 4 is 59.8 Å². The minimum atomic E-state index is -0.588. The highest BCUT2D eigenvalue weighted by Gasteiger charge is 2.15. The molecule has 0 saturated heterocycles. The van der Waals surface area contributed by atoms with E-state index < -0.39 is 10.9 Å². The Morgan fingerprint density at radius 2 is 1.74 bits per heavy atom. The number of halogens is 3. The lowest BCUT2D eigenvalue weighted by Gasteiger charge is -2.10. The molecule has 5 nitrogen and oxygen atoms in total. The van der Waals surface area contributed by atoms with Gasteiger partial charge in [0.2, 0.25) is 6.20 Å². The van der Waals surface area contributed by atoms with Gasteiger partial charge in [0.15, 0.2) is 5.75 Å². The number of esters is 1. The van der Waals surface area contributed by atoms with Gasteiger partial charge < -0.3 is 4.74 Å². The maximum Gasteiger partial charge on any atom is 0.343 e. The Morgan fingerprint density at radius 3 is 2.35 bits per heavy atom. The van der Waals surface area contributed by atoms with Gasteiger partial charge in [0.05, 0.1) is 15.0 Å². The number of rotatable bonds is 4. The standard InChI is InChI=1S/C15H8Br3NO4/c16-11-3-1-9(2-4-11)15(20)23-14-10(5-6-19(21)22)7-12(17)8-13(14)18/h1-8H/b6-5+. The van der Waals surface area contributed by atoms with Crippen molar-refractivity contribution in [3.63, 3.8) is 0 Å². The summed E-state index contributed by atoms with van der Waals surface area (Å²) in [5.41, 5.74) is 0.764. The van der Waals surface area contributed by atoms with Crippen molar-refractivity contribution in [3.05, 3.63) is 77.3 Å². The maximum absolute atomic E-state index is 12.2. The van der Waals surface area contributed by atoms with E-state index >= 15 is 0 Å². The largest absolute Gasteiger partial charge is 0.421 e. The Labute approximate surface area is 156 Å². The molecule has 0 spiro atoms. The highest BCUT2D eigenvalue weighted by molar-refractivity contribution is 9.11. The molecule has 2 rings (SSSR count). The van der Waals surface area contributed by atoms with Gasteiger partial charge in [0.25, 0.3) is 0 Å². The van der Waals surface area contributed by atoms with Gasteiger partial charge >= 0.3 is 5.97 Å². The maximum atomic E-state index is 12.2. The molecule has 0 fully saturated rings. The van der Waals surface area contributed by atoms with Gasteiger partial charge in [-0.25, -0.2) is 4.79 Å². The minimum Gasteiger partial charge on any atom is -0.421 e. The Balaban J connectivity index is 2.36. The van der Waals surface area contributed by atoms with Crippen LogP contribution in [0.4, 0.5) is 0 Å². The van der Waals surface area contributed by atoms with Crippen molar-refractivity contribution in [1.82, 2.24) is 0 Å². The fourth-order valence-electron chi connectivity index (χ4n) is 1.69. The van der Waals surface area contributed by atoms with Crippen LogP contribution in [0.5, 0.6) is 5.75 Å². The molecule has 23 heavy (non-hydrogen) atoms. The van der Waals surface area contributed by atoms with Crippen LogP contribution < -0.4 is 4.74 Å². The fourth-order valence-corrected chi connectivity index (χ4v) is 3.29. The van der Waals surface area contributed by atoms with Crippen LogP contribution in [0.25, 0.3) is 6.08 Å². The molecule has 0 aliphatic rings. The molecule has 0 aliphatic carbocycles. The first kappa shape index (κ1) is 17.8. The summed E-state index contributed by atoms with van der Waals surface area (Å²) in [5.74, 6) is -0.351. The summed E-state index contributed by atoms with van der Waals surface area (Å²) in [6.45, 7) is 0. The van der Waals surface area contributed by atoms with E-state index in [2.05, 4.69) is 47.8 Å². The molecule has 0 aromatic heterocycles. The van der Waals surface area contributed by atoms with Gasteiger partial charge in [-0.1, -0.05) is 31.9 Å². The van der Waals surface area contributed by atoms with E-state index in [1.54, 1.807) is 36.4 Å². The van der Waals surface area contributed by atoms with Crippen molar-refractivity contribution in [2.75, 3.05) is 0 Å². The molecule has 2 aromatic carbocycles.